The lowest BCUT2D eigenvalue weighted by molar-refractivity contribution is 0.282. The molecule has 1 aromatic carbocycles. The van der Waals surface area contributed by atoms with Crippen molar-refractivity contribution in [3.8, 4) is 0 Å². The summed E-state index contributed by atoms with van der Waals surface area (Å²) in [6, 6.07) is 4.16. The highest BCUT2D eigenvalue weighted by atomic mass is 35.5. The normalized spacial score (nSPS) is 20.9. The quantitative estimate of drug-likeness (QED) is 0.901. The van der Waals surface area contributed by atoms with Gasteiger partial charge in [-0.05, 0) is 25.5 Å². The van der Waals surface area contributed by atoms with E-state index in [1.54, 1.807) is 13.0 Å². The van der Waals surface area contributed by atoms with Crippen LogP contribution in [0.3, 0.4) is 0 Å². The maximum atomic E-state index is 13.8. The Hall–Kier alpha value is -0.690. The molecule has 0 amide bonds. The second kappa shape index (κ2) is 6.17. The molecular formula is C12H18ClFN2O2S. The number of benzene rings is 1. The van der Waals surface area contributed by atoms with E-state index in [0.29, 0.717) is 25.2 Å². The second-order valence-electron chi connectivity index (χ2n) is 4.55. The average Bonchev–Trinajstić information content (AvgIpc) is 2.28. The van der Waals surface area contributed by atoms with Gasteiger partial charge < -0.3 is 5.32 Å². The molecule has 1 heterocycles. The number of nitrogens with one attached hydrogen (secondary N) is 1. The average molecular weight is 309 g/mol. The van der Waals surface area contributed by atoms with Gasteiger partial charge in [0.2, 0.25) is 10.0 Å². The molecular weight excluding hydrogens is 291 g/mol. The van der Waals surface area contributed by atoms with E-state index in [9.17, 15) is 12.8 Å². The van der Waals surface area contributed by atoms with Crippen LogP contribution in [0.1, 0.15) is 12.5 Å². The second-order valence-corrected chi connectivity index (χ2v) is 6.38. The largest absolute Gasteiger partial charge is 0.314 e. The molecule has 4 nitrogen and oxygen atoms in total. The van der Waals surface area contributed by atoms with E-state index in [-0.39, 0.29) is 23.3 Å². The van der Waals surface area contributed by atoms with Crippen LogP contribution in [0.4, 0.5) is 4.39 Å². The molecule has 0 aliphatic carbocycles. The molecule has 1 saturated heterocycles. The number of hydrogen-bond acceptors (Lipinski definition) is 3. The molecule has 108 valence electrons. The Morgan fingerprint density at radius 1 is 1.42 bits per heavy atom. The van der Waals surface area contributed by atoms with E-state index in [4.69, 9.17) is 0 Å². The van der Waals surface area contributed by atoms with Gasteiger partial charge in [0.15, 0.2) is 0 Å². The number of halogens is 2. The molecule has 0 bridgehead atoms. The number of piperazine rings is 1. The SMILES string of the molecule is Cc1cccc(F)c1S(=O)(=O)N1CCNCC1C.Cl. The number of hydrogen-bond donors (Lipinski definition) is 1. The summed E-state index contributed by atoms with van der Waals surface area (Å²) < 4.78 is 40.2. The fraction of sp³-hybridized carbons (Fsp3) is 0.500. The van der Waals surface area contributed by atoms with Gasteiger partial charge in [-0.1, -0.05) is 12.1 Å². The first kappa shape index (κ1) is 16.4. The lowest BCUT2D eigenvalue weighted by Crippen LogP contribution is -2.52. The Labute approximate surface area is 119 Å². The van der Waals surface area contributed by atoms with Crippen molar-refractivity contribution in [2.45, 2.75) is 24.8 Å². The molecule has 0 aromatic heterocycles. The van der Waals surface area contributed by atoms with Crippen molar-refractivity contribution in [1.29, 1.82) is 0 Å². The summed E-state index contributed by atoms with van der Waals surface area (Å²) in [5, 5.41) is 3.12. The van der Waals surface area contributed by atoms with Crippen LogP contribution < -0.4 is 5.32 Å². The topological polar surface area (TPSA) is 49.4 Å². The summed E-state index contributed by atoms with van der Waals surface area (Å²) in [6.45, 7) is 4.99. The van der Waals surface area contributed by atoms with Crippen molar-refractivity contribution in [1.82, 2.24) is 9.62 Å². The fourth-order valence-electron chi connectivity index (χ4n) is 2.24. The van der Waals surface area contributed by atoms with Crippen molar-refractivity contribution in [3.05, 3.63) is 29.6 Å². The molecule has 1 aliphatic heterocycles. The van der Waals surface area contributed by atoms with Crippen LogP contribution in [0.15, 0.2) is 23.1 Å². The smallest absolute Gasteiger partial charge is 0.246 e. The summed E-state index contributed by atoms with van der Waals surface area (Å²) in [5.74, 6) is -0.680. The monoisotopic (exact) mass is 308 g/mol. The van der Waals surface area contributed by atoms with E-state index < -0.39 is 15.8 Å². The molecule has 1 fully saturated rings. The van der Waals surface area contributed by atoms with Crippen molar-refractivity contribution < 1.29 is 12.8 Å². The van der Waals surface area contributed by atoms with Gasteiger partial charge in [0.1, 0.15) is 10.7 Å². The first-order chi connectivity index (χ1) is 8.44. The Morgan fingerprint density at radius 3 is 2.68 bits per heavy atom. The number of rotatable bonds is 2. The van der Waals surface area contributed by atoms with E-state index in [1.165, 1.54) is 16.4 Å². The van der Waals surface area contributed by atoms with Gasteiger partial charge in [-0.25, -0.2) is 12.8 Å². The lowest BCUT2D eigenvalue weighted by Gasteiger charge is -2.33. The molecule has 1 aromatic rings. The van der Waals surface area contributed by atoms with Crippen LogP contribution >= 0.6 is 12.4 Å². The Morgan fingerprint density at radius 2 is 2.11 bits per heavy atom. The van der Waals surface area contributed by atoms with E-state index in [1.807, 2.05) is 6.92 Å². The number of nitrogens with zero attached hydrogens (tertiary/aromatic N) is 1. The standard InChI is InChI=1S/C12H17FN2O2S.ClH/c1-9-4-3-5-11(13)12(9)18(16,17)15-7-6-14-8-10(15)2;/h3-5,10,14H,6-8H2,1-2H3;1H. The summed E-state index contributed by atoms with van der Waals surface area (Å²) in [5.41, 5.74) is 0.445. The van der Waals surface area contributed by atoms with Crippen molar-refractivity contribution in [2.24, 2.45) is 0 Å². The molecule has 1 aliphatic rings. The van der Waals surface area contributed by atoms with Crippen LogP contribution in [0.25, 0.3) is 0 Å². The Bertz CT molecular complexity index is 530. The summed E-state index contributed by atoms with van der Waals surface area (Å²) in [6.07, 6.45) is 0. The number of sulfonamides is 1. The van der Waals surface area contributed by atoms with Crippen molar-refractivity contribution in [3.63, 3.8) is 0 Å². The van der Waals surface area contributed by atoms with Crippen LogP contribution in [0, 0.1) is 12.7 Å². The van der Waals surface area contributed by atoms with Crippen molar-refractivity contribution in [2.75, 3.05) is 19.6 Å². The molecule has 19 heavy (non-hydrogen) atoms. The summed E-state index contributed by atoms with van der Waals surface area (Å²) >= 11 is 0. The van der Waals surface area contributed by atoms with Gasteiger partial charge in [0.05, 0.1) is 0 Å². The third-order valence-electron chi connectivity index (χ3n) is 3.17. The Kier molecular flexibility index (Phi) is 5.32. The van der Waals surface area contributed by atoms with Crippen LogP contribution in [-0.4, -0.2) is 38.4 Å². The minimum Gasteiger partial charge on any atom is -0.314 e. The highest BCUT2D eigenvalue weighted by Gasteiger charge is 2.33. The van der Waals surface area contributed by atoms with Crippen molar-refractivity contribution >= 4 is 22.4 Å². The molecule has 2 rings (SSSR count). The molecule has 1 unspecified atom stereocenters. The lowest BCUT2D eigenvalue weighted by atomic mass is 10.2. The molecule has 1 atom stereocenters. The zero-order valence-electron chi connectivity index (χ0n) is 10.9. The third-order valence-corrected chi connectivity index (χ3v) is 5.36. The summed E-state index contributed by atoms with van der Waals surface area (Å²) in [4.78, 5) is -0.196. The molecule has 0 radical (unpaired) electrons. The highest BCUT2D eigenvalue weighted by Crippen LogP contribution is 2.24. The van der Waals surface area contributed by atoms with E-state index in [0.717, 1.165) is 0 Å². The van der Waals surface area contributed by atoms with Gasteiger partial charge >= 0.3 is 0 Å². The van der Waals surface area contributed by atoms with Gasteiger partial charge in [0.25, 0.3) is 0 Å². The van der Waals surface area contributed by atoms with Gasteiger partial charge in [-0.3, -0.25) is 0 Å². The first-order valence-corrected chi connectivity index (χ1v) is 7.36. The maximum Gasteiger partial charge on any atom is 0.246 e. The first-order valence-electron chi connectivity index (χ1n) is 5.92. The van der Waals surface area contributed by atoms with Gasteiger partial charge in [0, 0.05) is 25.7 Å². The minimum atomic E-state index is -3.75. The van der Waals surface area contributed by atoms with Gasteiger partial charge in [-0.2, -0.15) is 4.31 Å². The molecule has 0 spiro atoms. The molecule has 0 saturated carbocycles. The zero-order valence-corrected chi connectivity index (χ0v) is 12.5. The maximum absolute atomic E-state index is 13.8. The zero-order chi connectivity index (χ0) is 13.3. The van der Waals surface area contributed by atoms with Crippen LogP contribution in [0.5, 0.6) is 0 Å². The number of aryl methyl sites for hydroxylation is 1. The predicted octanol–water partition coefficient (Wildman–Crippen LogP) is 1.54. The van der Waals surface area contributed by atoms with E-state index in [2.05, 4.69) is 5.32 Å². The predicted molar refractivity (Wildman–Crippen MR) is 74.6 cm³/mol. The minimum absolute atomic E-state index is 0. The Balaban J connectivity index is 0.00000180. The molecule has 7 heteroatoms. The fourth-order valence-corrected chi connectivity index (χ4v) is 4.14. The van der Waals surface area contributed by atoms with E-state index >= 15 is 0 Å². The molecule has 1 N–H and O–H groups in total. The third kappa shape index (κ3) is 3.08. The van der Waals surface area contributed by atoms with Crippen LogP contribution in [-0.2, 0) is 10.0 Å². The van der Waals surface area contributed by atoms with Gasteiger partial charge in [-0.15, -0.1) is 12.4 Å². The highest BCUT2D eigenvalue weighted by molar-refractivity contribution is 7.89. The summed E-state index contributed by atoms with van der Waals surface area (Å²) in [7, 11) is -3.75. The van der Waals surface area contributed by atoms with Crippen LogP contribution in [0.2, 0.25) is 0 Å².